The Bertz CT molecular complexity index is 569. The first kappa shape index (κ1) is 17.0. The molecule has 3 rings (SSSR count). The normalized spacial score (nSPS) is 25.3. The second-order valence-electron chi connectivity index (χ2n) is 6.67. The molecule has 1 saturated heterocycles. The molecule has 2 amide bonds. The van der Waals surface area contributed by atoms with Gasteiger partial charge in [0.15, 0.2) is 0 Å². The van der Waals surface area contributed by atoms with Gasteiger partial charge in [0.2, 0.25) is 11.8 Å². The molecule has 3 unspecified atom stereocenters. The quantitative estimate of drug-likeness (QED) is 0.831. The van der Waals surface area contributed by atoms with Gasteiger partial charge in [-0.05, 0) is 31.7 Å². The summed E-state index contributed by atoms with van der Waals surface area (Å²) < 4.78 is 5.51. The number of amides is 2. The summed E-state index contributed by atoms with van der Waals surface area (Å²) >= 11 is 0. The van der Waals surface area contributed by atoms with Crippen LogP contribution in [0, 0.1) is 11.8 Å². The fraction of sp³-hybridized carbons (Fsp3) is 0.579. The molecular weight excluding hydrogens is 304 g/mol. The Morgan fingerprint density at radius 3 is 2.71 bits per heavy atom. The molecule has 1 N–H and O–H groups in total. The van der Waals surface area contributed by atoms with Crippen molar-refractivity contribution >= 4 is 11.8 Å². The molecule has 1 heterocycles. The molecule has 2 fully saturated rings. The third-order valence-electron chi connectivity index (χ3n) is 4.88. The van der Waals surface area contributed by atoms with E-state index in [1.807, 2.05) is 42.2 Å². The summed E-state index contributed by atoms with van der Waals surface area (Å²) in [5.74, 6) is -0.222. The van der Waals surface area contributed by atoms with E-state index in [-0.39, 0.29) is 29.8 Å². The highest BCUT2D eigenvalue weighted by Gasteiger charge is 2.49. The standard InChI is InChI=1S/C19H26N2O3/c1-2-21(13-14-7-4-3-5-8-14)19(23)17-11-16(17)18(22)20-12-15-9-6-10-24-15/h3-5,7-8,15-17H,2,6,9-13H2,1H3,(H,20,22). The van der Waals surface area contributed by atoms with Crippen molar-refractivity contribution in [2.24, 2.45) is 11.8 Å². The lowest BCUT2D eigenvalue weighted by atomic mass is 10.2. The SMILES string of the molecule is CCN(Cc1ccccc1)C(=O)C1CC1C(=O)NCC1CCCO1. The van der Waals surface area contributed by atoms with Gasteiger partial charge in [-0.15, -0.1) is 0 Å². The van der Waals surface area contributed by atoms with Gasteiger partial charge in [0.05, 0.1) is 17.9 Å². The van der Waals surface area contributed by atoms with Crippen LogP contribution in [0.2, 0.25) is 0 Å². The largest absolute Gasteiger partial charge is 0.376 e. The van der Waals surface area contributed by atoms with Gasteiger partial charge in [-0.25, -0.2) is 0 Å². The van der Waals surface area contributed by atoms with E-state index in [4.69, 9.17) is 4.74 Å². The predicted octanol–water partition coefficient (Wildman–Crippen LogP) is 1.97. The average molecular weight is 330 g/mol. The second-order valence-corrected chi connectivity index (χ2v) is 6.67. The molecule has 5 nitrogen and oxygen atoms in total. The number of carbonyl (C=O) groups is 2. The van der Waals surface area contributed by atoms with Crippen LogP contribution in [0.15, 0.2) is 30.3 Å². The molecular formula is C19H26N2O3. The summed E-state index contributed by atoms with van der Waals surface area (Å²) in [6, 6.07) is 9.97. The number of benzene rings is 1. The molecule has 0 aromatic heterocycles. The summed E-state index contributed by atoms with van der Waals surface area (Å²) in [6.45, 7) is 4.61. The fourth-order valence-corrected chi connectivity index (χ4v) is 3.29. The van der Waals surface area contributed by atoms with Crippen LogP contribution in [-0.2, 0) is 20.9 Å². The Hall–Kier alpha value is -1.88. The monoisotopic (exact) mass is 330 g/mol. The van der Waals surface area contributed by atoms with E-state index in [9.17, 15) is 9.59 Å². The first-order chi connectivity index (χ1) is 11.7. The zero-order chi connectivity index (χ0) is 16.9. The van der Waals surface area contributed by atoms with Gasteiger partial charge in [-0.2, -0.15) is 0 Å². The molecule has 0 spiro atoms. The number of nitrogens with one attached hydrogen (secondary N) is 1. The molecule has 2 aliphatic rings. The maximum absolute atomic E-state index is 12.6. The van der Waals surface area contributed by atoms with Crippen LogP contribution in [0.25, 0.3) is 0 Å². The van der Waals surface area contributed by atoms with E-state index in [0.717, 1.165) is 25.0 Å². The maximum atomic E-state index is 12.6. The lowest BCUT2D eigenvalue weighted by Gasteiger charge is -2.21. The van der Waals surface area contributed by atoms with Crippen molar-refractivity contribution in [3.05, 3.63) is 35.9 Å². The van der Waals surface area contributed by atoms with Crippen LogP contribution >= 0.6 is 0 Å². The number of rotatable bonds is 7. The van der Waals surface area contributed by atoms with Crippen LogP contribution in [-0.4, -0.2) is 42.5 Å². The van der Waals surface area contributed by atoms with Gasteiger partial charge in [0.1, 0.15) is 0 Å². The van der Waals surface area contributed by atoms with Crippen LogP contribution in [0.4, 0.5) is 0 Å². The lowest BCUT2D eigenvalue weighted by molar-refractivity contribution is -0.135. The Balaban J connectivity index is 1.47. The first-order valence-corrected chi connectivity index (χ1v) is 8.91. The highest BCUT2D eigenvalue weighted by molar-refractivity contribution is 5.92. The second kappa shape index (κ2) is 7.79. The van der Waals surface area contributed by atoms with Gasteiger partial charge in [-0.3, -0.25) is 9.59 Å². The highest BCUT2D eigenvalue weighted by Crippen LogP contribution is 2.40. The minimum absolute atomic E-state index is 0.000357. The van der Waals surface area contributed by atoms with Crippen molar-refractivity contribution in [2.45, 2.75) is 38.8 Å². The van der Waals surface area contributed by atoms with E-state index in [1.54, 1.807) is 0 Å². The van der Waals surface area contributed by atoms with Gasteiger partial charge < -0.3 is 15.0 Å². The number of ether oxygens (including phenoxy) is 1. The molecule has 1 aliphatic carbocycles. The van der Waals surface area contributed by atoms with E-state index < -0.39 is 0 Å². The van der Waals surface area contributed by atoms with E-state index in [2.05, 4.69) is 5.32 Å². The zero-order valence-electron chi connectivity index (χ0n) is 14.2. The summed E-state index contributed by atoms with van der Waals surface area (Å²) in [7, 11) is 0. The van der Waals surface area contributed by atoms with Crippen molar-refractivity contribution in [1.29, 1.82) is 0 Å². The molecule has 24 heavy (non-hydrogen) atoms. The molecule has 1 aromatic rings. The molecule has 1 aliphatic heterocycles. The minimum Gasteiger partial charge on any atom is -0.376 e. The third kappa shape index (κ3) is 4.15. The maximum Gasteiger partial charge on any atom is 0.226 e. The zero-order valence-corrected chi connectivity index (χ0v) is 14.2. The molecule has 1 aromatic carbocycles. The van der Waals surface area contributed by atoms with Crippen LogP contribution in [0.5, 0.6) is 0 Å². The average Bonchev–Trinajstić information content (AvgIpc) is 3.25. The van der Waals surface area contributed by atoms with Crippen LogP contribution < -0.4 is 5.32 Å². The van der Waals surface area contributed by atoms with Crippen molar-refractivity contribution in [3.63, 3.8) is 0 Å². The fourth-order valence-electron chi connectivity index (χ4n) is 3.29. The summed E-state index contributed by atoms with van der Waals surface area (Å²) in [5, 5.41) is 2.94. The van der Waals surface area contributed by atoms with Crippen molar-refractivity contribution in [1.82, 2.24) is 10.2 Å². The summed E-state index contributed by atoms with van der Waals surface area (Å²) in [6.07, 6.45) is 2.89. The predicted molar refractivity (Wildman–Crippen MR) is 91.1 cm³/mol. The van der Waals surface area contributed by atoms with Crippen molar-refractivity contribution < 1.29 is 14.3 Å². The number of nitrogens with zero attached hydrogens (tertiary/aromatic N) is 1. The Labute approximate surface area is 143 Å². The molecule has 130 valence electrons. The Morgan fingerprint density at radius 2 is 2.04 bits per heavy atom. The van der Waals surface area contributed by atoms with E-state index >= 15 is 0 Å². The number of carbonyl (C=O) groups excluding carboxylic acids is 2. The first-order valence-electron chi connectivity index (χ1n) is 8.91. The summed E-state index contributed by atoms with van der Waals surface area (Å²) in [4.78, 5) is 26.7. The molecule has 3 atom stereocenters. The minimum atomic E-state index is -0.163. The van der Waals surface area contributed by atoms with Crippen molar-refractivity contribution in [3.8, 4) is 0 Å². The Morgan fingerprint density at radius 1 is 1.25 bits per heavy atom. The topological polar surface area (TPSA) is 58.6 Å². The smallest absolute Gasteiger partial charge is 0.226 e. The molecule has 5 heteroatoms. The highest BCUT2D eigenvalue weighted by atomic mass is 16.5. The molecule has 0 radical (unpaired) electrons. The van der Waals surface area contributed by atoms with Crippen LogP contribution in [0.3, 0.4) is 0 Å². The van der Waals surface area contributed by atoms with Crippen molar-refractivity contribution in [2.75, 3.05) is 19.7 Å². The summed E-state index contributed by atoms with van der Waals surface area (Å²) in [5.41, 5.74) is 1.12. The van der Waals surface area contributed by atoms with Gasteiger partial charge in [0, 0.05) is 26.2 Å². The van der Waals surface area contributed by atoms with E-state index in [0.29, 0.717) is 26.1 Å². The molecule has 1 saturated carbocycles. The number of hydrogen-bond acceptors (Lipinski definition) is 3. The van der Waals surface area contributed by atoms with Gasteiger partial charge in [0.25, 0.3) is 0 Å². The third-order valence-corrected chi connectivity index (χ3v) is 4.88. The molecule has 0 bridgehead atoms. The number of hydrogen-bond donors (Lipinski definition) is 1. The van der Waals surface area contributed by atoms with E-state index in [1.165, 1.54) is 0 Å². The lowest BCUT2D eigenvalue weighted by Crippen LogP contribution is -2.36. The Kier molecular flexibility index (Phi) is 5.51. The van der Waals surface area contributed by atoms with Gasteiger partial charge >= 0.3 is 0 Å². The van der Waals surface area contributed by atoms with Gasteiger partial charge in [-0.1, -0.05) is 30.3 Å². The van der Waals surface area contributed by atoms with Crippen LogP contribution in [0.1, 0.15) is 31.7 Å².